The number of rotatable bonds is 10. The van der Waals surface area contributed by atoms with Crippen LogP contribution in [0, 0.1) is 0 Å². The van der Waals surface area contributed by atoms with Crippen molar-refractivity contribution < 1.29 is 27.4 Å². The smallest absolute Gasteiger partial charge is 0.416 e. The number of benzene rings is 2. The van der Waals surface area contributed by atoms with Gasteiger partial charge in [0.25, 0.3) is 0 Å². The molecule has 0 N–H and O–H groups in total. The molecule has 0 bridgehead atoms. The number of hydrogen-bond donors (Lipinski definition) is 0. The van der Waals surface area contributed by atoms with Crippen LogP contribution >= 0.6 is 22.9 Å². The van der Waals surface area contributed by atoms with Crippen LogP contribution in [0.5, 0.6) is 5.75 Å². The van der Waals surface area contributed by atoms with Crippen molar-refractivity contribution in [1.29, 1.82) is 0 Å². The van der Waals surface area contributed by atoms with Gasteiger partial charge in [-0.25, -0.2) is 4.98 Å². The molecular formula is C23H22ClF3N2O3S. The molecule has 0 aliphatic heterocycles. The first-order valence-corrected chi connectivity index (χ1v) is 11.1. The zero-order valence-electron chi connectivity index (χ0n) is 18.0. The molecule has 5 nitrogen and oxygen atoms in total. The molecule has 0 saturated carbocycles. The van der Waals surface area contributed by atoms with Gasteiger partial charge in [0, 0.05) is 31.5 Å². The van der Waals surface area contributed by atoms with Crippen molar-refractivity contribution in [3.8, 4) is 16.3 Å². The molecule has 2 aromatic carbocycles. The summed E-state index contributed by atoms with van der Waals surface area (Å²) in [4.78, 5) is 9.34. The molecule has 0 aliphatic rings. The first-order valence-electron chi connectivity index (χ1n) is 9.89. The standard InChI is InChI=1S/C23H22ClF3N2O3S/c1-28-12-16-5-8-18(11-19(16)24)32-14-21-20(13-31-10-9-30-2)29-22(33-21)15-3-6-17(7-4-15)23(25,26)27/h3-8,11-12H,9-10,13-14H2,1-2H3. The van der Waals surface area contributed by atoms with E-state index < -0.39 is 11.7 Å². The van der Waals surface area contributed by atoms with Crippen LogP contribution in [0.25, 0.3) is 10.6 Å². The highest BCUT2D eigenvalue weighted by molar-refractivity contribution is 7.15. The highest BCUT2D eigenvalue weighted by Crippen LogP contribution is 2.34. The Balaban J connectivity index is 1.80. The fourth-order valence-corrected chi connectivity index (χ4v) is 4.04. The summed E-state index contributed by atoms with van der Waals surface area (Å²) in [6, 6.07) is 10.2. The minimum Gasteiger partial charge on any atom is -0.488 e. The van der Waals surface area contributed by atoms with Crippen molar-refractivity contribution >= 4 is 29.2 Å². The van der Waals surface area contributed by atoms with Crippen molar-refractivity contribution in [2.45, 2.75) is 19.4 Å². The van der Waals surface area contributed by atoms with Gasteiger partial charge in [-0.1, -0.05) is 23.7 Å². The van der Waals surface area contributed by atoms with Crippen LogP contribution in [0.3, 0.4) is 0 Å². The third-order valence-corrected chi connectivity index (χ3v) is 5.97. The third-order valence-electron chi connectivity index (χ3n) is 4.52. The van der Waals surface area contributed by atoms with E-state index in [-0.39, 0.29) is 13.2 Å². The molecule has 0 unspecified atom stereocenters. The Hall–Kier alpha value is -2.46. The summed E-state index contributed by atoms with van der Waals surface area (Å²) >= 11 is 7.60. The number of alkyl halides is 3. The van der Waals surface area contributed by atoms with E-state index in [9.17, 15) is 13.2 Å². The lowest BCUT2D eigenvalue weighted by molar-refractivity contribution is -0.137. The maximum absolute atomic E-state index is 12.9. The van der Waals surface area contributed by atoms with Crippen molar-refractivity contribution in [2.24, 2.45) is 4.99 Å². The first-order chi connectivity index (χ1) is 15.8. The summed E-state index contributed by atoms with van der Waals surface area (Å²) < 4.78 is 55.1. The van der Waals surface area contributed by atoms with Gasteiger partial charge in [-0.2, -0.15) is 13.2 Å². The number of aromatic nitrogens is 1. The predicted molar refractivity (Wildman–Crippen MR) is 123 cm³/mol. The van der Waals surface area contributed by atoms with Gasteiger partial charge >= 0.3 is 6.18 Å². The number of hydrogen-bond acceptors (Lipinski definition) is 6. The van der Waals surface area contributed by atoms with E-state index in [1.807, 2.05) is 0 Å². The lowest BCUT2D eigenvalue weighted by Crippen LogP contribution is -2.04. The Bertz CT molecular complexity index is 1090. The van der Waals surface area contributed by atoms with Crippen LogP contribution in [-0.2, 0) is 28.9 Å². The van der Waals surface area contributed by atoms with Crippen molar-refractivity contribution in [2.75, 3.05) is 27.4 Å². The molecule has 3 aromatic rings. The van der Waals surface area contributed by atoms with E-state index in [1.54, 1.807) is 38.6 Å². The van der Waals surface area contributed by atoms with Gasteiger partial charge < -0.3 is 14.2 Å². The van der Waals surface area contributed by atoms with Crippen LogP contribution in [0.15, 0.2) is 47.5 Å². The minimum absolute atomic E-state index is 0.207. The van der Waals surface area contributed by atoms with E-state index in [0.29, 0.717) is 40.3 Å². The average Bonchev–Trinajstić information content (AvgIpc) is 3.19. The lowest BCUT2D eigenvalue weighted by Gasteiger charge is -2.08. The average molecular weight is 499 g/mol. The quantitative estimate of drug-likeness (QED) is 0.244. The molecule has 0 radical (unpaired) electrons. The zero-order chi connectivity index (χ0) is 23.8. The second-order valence-corrected chi connectivity index (χ2v) is 8.36. The normalized spacial score (nSPS) is 11.9. The van der Waals surface area contributed by atoms with Crippen molar-refractivity contribution in [1.82, 2.24) is 4.98 Å². The molecule has 33 heavy (non-hydrogen) atoms. The molecule has 0 fully saturated rings. The molecule has 1 heterocycles. The highest BCUT2D eigenvalue weighted by atomic mass is 35.5. The number of methoxy groups -OCH3 is 1. The lowest BCUT2D eigenvalue weighted by atomic mass is 10.1. The Kier molecular flexibility index (Phi) is 8.85. The number of aliphatic imine (C=N–C) groups is 1. The van der Waals surface area contributed by atoms with Crippen LogP contribution in [-0.4, -0.2) is 38.6 Å². The van der Waals surface area contributed by atoms with Gasteiger partial charge in [-0.05, 0) is 30.3 Å². The third kappa shape index (κ3) is 7.01. The van der Waals surface area contributed by atoms with Gasteiger partial charge in [-0.15, -0.1) is 11.3 Å². The van der Waals surface area contributed by atoms with E-state index in [0.717, 1.165) is 22.6 Å². The van der Waals surface area contributed by atoms with Crippen LogP contribution < -0.4 is 4.74 Å². The Labute approximate surface area is 198 Å². The Morgan fingerprint density at radius 3 is 2.48 bits per heavy atom. The van der Waals surface area contributed by atoms with E-state index >= 15 is 0 Å². The van der Waals surface area contributed by atoms with Crippen LogP contribution in [0.4, 0.5) is 13.2 Å². The summed E-state index contributed by atoms with van der Waals surface area (Å²) in [6.07, 6.45) is -2.73. The Morgan fingerprint density at radius 2 is 1.85 bits per heavy atom. The second kappa shape index (κ2) is 11.6. The van der Waals surface area contributed by atoms with E-state index in [4.69, 9.17) is 25.8 Å². The predicted octanol–water partition coefficient (Wildman–Crippen LogP) is 6.27. The molecule has 10 heteroatoms. The summed E-state index contributed by atoms with van der Waals surface area (Å²) in [7, 11) is 3.24. The summed E-state index contributed by atoms with van der Waals surface area (Å²) in [5.41, 5.74) is 1.32. The Morgan fingerprint density at radius 1 is 1.09 bits per heavy atom. The van der Waals surface area contributed by atoms with Gasteiger partial charge in [0.2, 0.25) is 0 Å². The molecule has 0 amide bonds. The maximum Gasteiger partial charge on any atom is 0.416 e. The number of nitrogens with zero attached hydrogens (tertiary/aromatic N) is 2. The fraction of sp³-hybridized carbons (Fsp3) is 0.304. The molecular weight excluding hydrogens is 477 g/mol. The summed E-state index contributed by atoms with van der Waals surface area (Å²) in [5.74, 6) is 0.573. The molecule has 0 saturated heterocycles. The second-order valence-electron chi connectivity index (χ2n) is 6.87. The van der Waals surface area contributed by atoms with Crippen molar-refractivity contribution in [3.05, 3.63) is 69.2 Å². The van der Waals surface area contributed by atoms with Gasteiger partial charge in [-0.3, -0.25) is 4.99 Å². The van der Waals surface area contributed by atoms with E-state index in [1.165, 1.54) is 23.5 Å². The number of thiazole rings is 1. The van der Waals surface area contributed by atoms with Crippen molar-refractivity contribution in [3.63, 3.8) is 0 Å². The number of ether oxygens (including phenoxy) is 3. The largest absolute Gasteiger partial charge is 0.488 e. The minimum atomic E-state index is -4.39. The zero-order valence-corrected chi connectivity index (χ0v) is 19.6. The molecule has 0 spiro atoms. The molecule has 3 rings (SSSR count). The summed E-state index contributed by atoms with van der Waals surface area (Å²) in [5, 5.41) is 1.09. The van der Waals surface area contributed by atoms with Gasteiger partial charge in [0.05, 0.1) is 41.0 Å². The number of halogens is 4. The van der Waals surface area contributed by atoms with Gasteiger partial charge in [0.1, 0.15) is 17.4 Å². The van der Waals surface area contributed by atoms with Crippen LogP contribution in [0.2, 0.25) is 5.02 Å². The monoisotopic (exact) mass is 498 g/mol. The fourth-order valence-electron chi connectivity index (χ4n) is 2.84. The van der Waals surface area contributed by atoms with Gasteiger partial charge in [0.15, 0.2) is 0 Å². The topological polar surface area (TPSA) is 52.9 Å². The molecule has 1 aromatic heterocycles. The summed E-state index contributed by atoms with van der Waals surface area (Å²) in [6.45, 7) is 1.26. The SMILES string of the molecule is CN=Cc1ccc(OCc2sc(-c3ccc(C(F)(F)F)cc3)nc2COCCOC)cc1Cl. The first kappa shape index (κ1) is 25.2. The molecule has 176 valence electrons. The molecule has 0 aliphatic carbocycles. The van der Waals surface area contributed by atoms with E-state index in [2.05, 4.69) is 9.98 Å². The molecule has 0 atom stereocenters. The highest BCUT2D eigenvalue weighted by Gasteiger charge is 2.30. The van der Waals surface area contributed by atoms with Crippen LogP contribution in [0.1, 0.15) is 21.7 Å². The maximum atomic E-state index is 12.9.